The van der Waals surface area contributed by atoms with Crippen molar-refractivity contribution in [3.05, 3.63) is 16.9 Å². The molecule has 1 aliphatic rings. The van der Waals surface area contributed by atoms with Crippen LogP contribution in [-0.4, -0.2) is 53.2 Å². The summed E-state index contributed by atoms with van der Waals surface area (Å²) < 4.78 is 0.899. The molecule has 1 N–H and O–H groups in total. The molecule has 2 rings (SSSR count). The summed E-state index contributed by atoms with van der Waals surface area (Å²) >= 11 is 8.54. The second-order valence-corrected chi connectivity index (χ2v) is 5.03. The van der Waals surface area contributed by atoms with E-state index in [1.165, 1.54) is 0 Å². The number of hydrogen-bond acceptors (Lipinski definition) is 4. The van der Waals surface area contributed by atoms with Crippen molar-refractivity contribution in [2.45, 2.75) is 0 Å². The molecule has 0 unspecified atom stereocenters. The monoisotopic (exact) mass is 315 g/mol. The number of aromatic nitrogens is 2. The van der Waals surface area contributed by atoms with Gasteiger partial charge in [0.25, 0.3) is 0 Å². The van der Waals surface area contributed by atoms with Gasteiger partial charge in [0.1, 0.15) is 0 Å². The highest BCUT2D eigenvalue weighted by Gasteiger charge is 2.19. The maximum absolute atomic E-state index is 5.21. The molecule has 0 bridgehead atoms. The maximum atomic E-state index is 5.21. The molecule has 92 valence electrons. The van der Waals surface area contributed by atoms with E-state index in [2.05, 4.69) is 41.0 Å². The number of rotatable bonds is 1. The zero-order chi connectivity index (χ0) is 12.3. The average Bonchev–Trinajstić information content (AvgIpc) is 2.39. The molecule has 0 saturated carbocycles. The van der Waals surface area contributed by atoms with Gasteiger partial charge in [-0.3, -0.25) is 0 Å². The van der Waals surface area contributed by atoms with Crippen molar-refractivity contribution in [1.29, 1.82) is 0 Å². The molecule has 0 atom stereocenters. The van der Waals surface area contributed by atoms with Gasteiger partial charge in [0, 0.05) is 45.6 Å². The summed E-state index contributed by atoms with van der Waals surface area (Å²) in [6.45, 7) is 3.59. The molecule has 2 heterocycles. The third kappa shape index (κ3) is 3.04. The number of nitrogens with zero attached hydrogens (tertiary/aromatic N) is 4. The van der Waals surface area contributed by atoms with Crippen molar-refractivity contribution in [1.82, 2.24) is 20.2 Å². The first-order chi connectivity index (χ1) is 8.20. The van der Waals surface area contributed by atoms with Crippen molar-refractivity contribution < 1.29 is 0 Å². The van der Waals surface area contributed by atoms with Crippen molar-refractivity contribution in [3.8, 4) is 0 Å². The molecule has 1 fully saturated rings. The van der Waals surface area contributed by atoms with Crippen LogP contribution in [0.25, 0.3) is 0 Å². The molecule has 17 heavy (non-hydrogen) atoms. The Hall–Kier alpha value is -0.950. The van der Waals surface area contributed by atoms with Crippen LogP contribution in [0.15, 0.2) is 16.9 Å². The Morgan fingerprint density at radius 3 is 2.41 bits per heavy atom. The summed E-state index contributed by atoms with van der Waals surface area (Å²) in [5.74, 6) is 0.781. The SMILES string of the molecule is CNC(=S)N1CCN(c2ncc(Br)cn2)CC1. The van der Waals surface area contributed by atoms with Gasteiger partial charge in [-0.2, -0.15) is 0 Å². The Morgan fingerprint density at radius 1 is 1.29 bits per heavy atom. The molecule has 7 heteroatoms. The molecule has 0 radical (unpaired) electrons. The molecule has 1 aromatic heterocycles. The fourth-order valence-corrected chi connectivity index (χ4v) is 2.12. The van der Waals surface area contributed by atoms with Crippen LogP contribution < -0.4 is 10.2 Å². The second kappa shape index (κ2) is 5.59. The Balaban J connectivity index is 1.95. The van der Waals surface area contributed by atoms with Gasteiger partial charge in [-0.1, -0.05) is 0 Å². The lowest BCUT2D eigenvalue weighted by Crippen LogP contribution is -2.51. The van der Waals surface area contributed by atoms with Gasteiger partial charge in [-0.25, -0.2) is 9.97 Å². The fourth-order valence-electron chi connectivity index (χ4n) is 1.74. The maximum Gasteiger partial charge on any atom is 0.225 e. The van der Waals surface area contributed by atoms with E-state index in [9.17, 15) is 0 Å². The number of thiocarbonyl (C=S) groups is 1. The largest absolute Gasteiger partial charge is 0.366 e. The molecular weight excluding hydrogens is 302 g/mol. The number of anilines is 1. The molecular formula is C10H14BrN5S. The minimum Gasteiger partial charge on any atom is -0.366 e. The average molecular weight is 316 g/mol. The second-order valence-electron chi connectivity index (χ2n) is 3.73. The molecule has 1 aliphatic heterocycles. The molecule has 0 aromatic carbocycles. The smallest absolute Gasteiger partial charge is 0.225 e. The van der Waals surface area contributed by atoms with Gasteiger partial charge in [0.05, 0.1) is 4.47 Å². The first kappa shape index (κ1) is 12.5. The van der Waals surface area contributed by atoms with E-state index >= 15 is 0 Å². The standard InChI is InChI=1S/C10H14BrN5S/c1-12-10(17)16-4-2-15(3-5-16)9-13-6-8(11)7-14-9/h6-7H,2-5H2,1H3,(H,12,17). The quantitative estimate of drug-likeness (QED) is 0.776. The van der Waals surface area contributed by atoms with Crippen molar-refractivity contribution in [2.24, 2.45) is 0 Å². The van der Waals surface area contributed by atoms with Gasteiger partial charge in [0.2, 0.25) is 5.95 Å². The Bertz CT molecular complexity index is 388. The number of hydrogen-bond donors (Lipinski definition) is 1. The number of piperazine rings is 1. The lowest BCUT2D eigenvalue weighted by molar-refractivity contribution is 0.380. The summed E-state index contributed by atoms with van der Waals surface area (Å²) in [5, 5.41) is 3.80. The molecule has 0 spiro atoms. The Morgan fingerprint density at radius 2 is 1.88 bits per heavy atom. The number of nitrogens with one attached hydrogen (secondary N) is 1. The summed E-state index contributed by atoms with van der Waals surface area (Å²) in [7, 11) is 1.85. The molecule has 0 amide bonds. The van der Waals surface area contributed by atoms with Gasteiger partial charge in [-0.15, -0.1) is 0 Å². The third-order valence-corrected chi connectivity index (χ3v) is 3.54. The summed E-state index contributed by atoms with van der Waals surface area (Å²) in [6.07, 6.45) is 3.54. The van der Waals surface area contributed by atoms with Crippen LogP contribution in [0, 0.1) is 0 Å². The van der Waals surface area contributed by atoms with Gasteiger partial charge in [0.15, 0.2) is 5.11 Å². The lowest BCUT2D eigenvalue weighted by Gasteiger charge is -2.35. The molecule has 1 saturated heterocycles. The van der Waals surface area contributed by atoms with Crippen LogP contribution in [0.1, 0.15) is 0 Å². The zero-order valence-electron chi connectivity index (χ0n) is 9.56. The van der Waals surface area contributed by atoms with E-state index in [0.717, 1.165) is 41.7 Å². The first-order valence-corrected chi connectivity index (χ1v) is 6.60. The fraction of sp³-hybridized carbons (Fsp3) is 0.500. The Kier molecular flexibility index (Phi) is 4.11. The summed E-state index contributed by atoms with van der Waals surface area (Å²) in [4.78, 5) is 12.9. The normalized spacial score (nSPS) is 15.9. The van der Waals surface area contributed by atoms with Crippen LogP contribution in [0.4, 0.5) is 5.95 Å². The van der Waals surface area contributed by atoms with E-state index in [-0.39, 0.29) is 0 Å². The van der Waals surface area contributed by atoms with Gasteiger partial charge in [-0.05, 0) is 28.1 Å². The van der Waals surface area contributed by atoms with Gasteiger partial charge >= 0.3 is 0 Å². The van der Waals surface area contributed by atoms with E-state index < -0.39 is 0 Å². The minimum atomic E-state index is 0.781. The predicted molar refractivity (Wildman–Crippen MR) is 75.2 cm³/mol. The third-order valence-electron chi connectivity index (χ3n) is 2.67. The summed E-state index contributed by atoms with van der Waals surface area (Å²) in [6, 6.07) is 0. The molecule has 5 nitrogen and oxygen atoms in total. The van der Waals surface area contributed by atoms with E-state index in [1.807, 2.05) is 7.05 Å². The van der Waals surface area contributed by atoms with E-state index in [0.29, 0.717) is 0 Å². The van der Waals surface area contributed by atoms with Crippen LogP contribution in [0.5, 0.6) is 0 Å². The highest BCUT2D eigenvalue weighted by molar-refractivity contribution is 9.10. The van der Waals surface area contributed by atoms with Crippen LogP contribution >= 0.6 is 28.1 Å². The van der Waals surface area contributed by atoms with Crippen LogP contribution in [-0.2, 0) is 0 Å². The lowest BCUT2D eigenvalue weighted by atomic mass is 10.3. The van der Waals surface area contributed by atoms with Crippen molar-refractivity contribution in [2.75, 3.05) is 38.1 Å². The zero-order valence-corrected chi connectivity index (χ0v) is 12.0. The number of halogens is 1. The van der Waals surface area contributed by atoms with Crippen molar-refractivity contribution in [3.63, 3.8) is 0 Å². The van der Waals surface area contributed by atoms with Crippen LogP contribution in [0.3, 0.4) is 0 Å². The van der Waals surface area contributed by atoms with E-state index in [4.69, 9.17) is 12.2 Å². The first-order valence-electron chi connectivity index (χ1n) is 5.40. The topological polar surface area (TPSA) is 44.3 Å². The van der Waals surface area contributed by atoms with Gasteiger partial charge < -0.3 is 15.1 Å². The van der Waals surface area contributed by atoms with Crippen LogP contribution in [0.2, 0.25) is 0 Å². The van der Waals surface area contributed by atoms with E-state index in [1.54, 1.807) is 12.4 Å². The predicted octanol–water partition coefficient (Wildman–Crippen LogP) is 0.865. The van der Waals surface area contributed by atoms with Crippen molar-refractivity contribution >= 4 is 39.2 Å². The Labute approximate surface area is 114 Å². The summed E-state index contributed by atoms with van der Waals surface area (Å²) in [5.41, 5.74) is 0. The highest BCUT2D eigenvalue weighted by atomic mass is 79.9. The minimum absolute atomic E-state index is 0.781. The molecule has 0 aliphatic carbocycles. The highest BCUT2D eigenvalue weighted by Crippen LogP contribution is 2.13. The molecule has 1 aromatic rings.